The molecule has 0 unspecified atom stereocenters. The number of hydrogen-bond donors (Lipinski definition) is 2. The van der Waals surface area contributed by atoms with Crippen molar-refractivity contribution < 1.29 is 29.3 Å². The summed E-state index contributed by atoms with van der Waals surface area (Å²) in [4.78, 5) is 21.1. The Hall–Kier alpha value is -1.98. The van der Waals surface area contributed by atoms with Gasteiger partial charge in [-0.15, -0.1) is 0 Å². The van der Waals surface area contributed by atoms with Gasteiger partial charge in [0.05, 0.1) is 24.4 Å². The molecule has 24 heavy (non-hydrogen) atoms. The number of aliphatic carboxylic acids is 2. The maximum Gasteiger partial charge on any atom is 0.334 e. The van der Waals surface area contributed by atoms with Crippen LogP contribution >= 0.6 is 0 Å². The van der Waals surface area contributed by atoms with Crippen LogP contribution < -0.4 is 0 Å². The van der Waals surface area contributed by atoms with Gasteiger partial charge in [0.15, 0.2) is 0 Å². The van der Waals surface area contributed by atoms with Gasteiger partial charge in [0.2, 0.25) is 0 Å². The minimum absolute atomic E-state index is 0.311. The van der Waals surface area contributed by atoms with E-state index in [1.165, 1.54) is 0 Å². The van der Waals surface area contributed by atoms with E-state index in [9.17, 15) is 9.59 Å². The van der Waals surface area contributed by atoms with E-state index in [1.807, 2.05) is 27.7 Å². The molecule has 0 atom stereocenters. The second-order valence-corrected chi connectivity index (χ2v) is 5.09. The van der Waals surface area contributed by atoms with Crippen LogP contribution in [0, 0.1) is 0 Å². The Morgan fingerprint density at radius 3 is 1.62 bits per heavy atom. The highest BCUT2D eigenvalue weighted by Gasteiger charge is 2.09. The summed E-state index contributed by atoms with van der Waals surface area (Å²) in [6.45, 7) is 12.0. The van der Waals surface area contributed by atoms with Gasteiger partial charge in [-0.05, 0) is 33.6 Å². The fourth-order valence-corrected chi connectivity index (χ4v) is 1.71. The summed E-state index contributed by atoms with van der Waals surface area (Å²) in [5.41, 5.74) is 0.629. The molecule has 0 aromatic carbocycles. The van der Waals surface area contributed by atoms with Crippen LogP contribution in [-0.4, -0.2) is 35.4 Å². The second kappa shape index (κ2) is 14.6. The summed E-state index contributed by atoms with van der Waals surface area (Å²) < 4.78 is 10.5. The summed E-state index contributed by atoms with van der Waals surface area (Å²) >= 11 is 0. The number of allylic oxidation sites excluding steroid dienone is 2. The van der Waals surface area contributed by atoms with Crippen LogP contribution in [0.3, 0.4) is 0 Å². The lowest BCUT2D eigenvalue weighted by molar-refractivity contribution is -0.133. The molecule has 0 amide bonds. The van der Waals surface area contributed by atoms with E-state index in [0.29, 0.717) is 48.7 Å². The van der Waals surface area contributed by atoms with E-state index < -0.39 is 11.9 Å². The Bertz CT molecular complexity index is 440. The molecule has 0 aromatic rings. The molecule has 140 valence electrons. The van der Waals surface area contributed by atoms with Crippen molar-refractivity contribution in [1.29, 1.82) is 0 Å². The predicted molar refractivity (Wildman–Crippen MR) is 93.7 cm³/mol. The highest BCUT2D eigenvalue weighted by Crippen LogP contribution is 2.12. The van der Waals surface area contributed by atoms with Gasteiger partial charge in [-0.2, -0.15) is 0 Å². The molecule has 0 saturated carbocycles. The SMILES string of the molecule is CCC/C(OCC)=C(/C)C(=O)O.CCCO/C(CC)=C(\C)C(=O)O. The first-order valence-electron chi connectivity index (χ1n) is 8.38. The van der Waals surface area contributed by atoms with Crippen LogP contribution in [-0.2, 0) is 19.1 Å². The van der Waals surface area contributed by atoms with E-state index in [4.69, 9.17) is 19.7 Å². The average Bonchev–Trinajstić information content (AvgIpc) is 2.54. The Morgan fingerprint density at radius 2 is 1.29 bits per heavy atom. The maximum atomic E-state index is 10.6. The van der Waals surface area contributed by atoms with Gasteiger partial charge in [-0.25, -0.2) is 9.59 Å². The number of hydrogen-bond acceptors (Lipinski definition) is 4. The highest BCUT2D eigenvalue weighted by molar-refractivity contribution is 5.86. The lowest BCUT2D eigenvalue weighted by atomic mass is 10.2. The van der Waals surface area contributed by atoms with E-state index in [0.717, 1.165) is 12.8 Å². The molecule has 0 heterocycles. The Morgan fingerprint density at radius 1 is 0.792 bits per heavy atom. The summed E-state index contributed by atoms with van der Waals surface area (Å²) in [6.07, 6.45) is 3.14. The predicted octanol–water partition coefficient (Wildman–Crippen LogP) is 4.36. The van der Waals surface area contributed by atoms with Crippen molar-refractivity contribution in [2.45, 2.75) is 67.2 Å². The van der Waals surface area contributed by atoms with Crippen LogP contribution in [0.2, 0.25) is 0 Å². The molecule has 0 aliphatic heterocycles. The molecule has 6 heteroatoms. The van der Waals surface area contributed by atoms with Crippen molar-refractivity contribution in [3.63, 3.8) is 0 Å². The molecule has 0 radical (unpaired) electrons. The van der Waals surface area contributed by atoms with Crippen molar-refractivity contribution >= 4 is 11.9 Å². The van der Waals surface area contributed by atoms with Gasteiger partial charge >= 0.3 is 11.9 Å². The van der Waals surface area contributed by atoms with Gasteiger partial charge < -0.3 is 19.7 Å². The van der Waals surface area contributed by atoms with E-state index >= 15 is 0 Å². The van der Waals surface area contributed by atoms with Crippen LogP contribution in [0.15, 0.2) is 22.7 Å². The number of carbonyl (C=O) groups is 2. The standard InChI is InChI=1S/2C9H16O3/c1-4-6-8(12-5-2)7(3)9(10)11;1-4-6-12-8(5-2)7(3)9(10)11/h2*4-6H2,1-3H3,(H,10,11)/b2*8-7+. The van der Waals surface area contributed by atoms with Crippen molar-refractivity contribution in [3.05, 3.63) is 22.7 Å². The molecule has 0 saturated heterocycles. The molecule has 0 aromatic heterocycles. The second-order valence-electron chi connectivity index (χ2n) is 5.09. The fraction of sp³-hybridized carbons (Fsp3) is 0.667. The van der Waals surface area contributed by atoms with E-state index in [1.54, 1.807) is 13.8 Å². The van der Waals surface area contributed by atoms with E-state index in [-0.39, 0.29) is 0 Å². The van der Waals surface area contributed by atoms with Gasteiger partial charge in [-0.1, -0.05) is 20.8 Å². The molecular formula is C18H32O6. The lowest BCUT2D eigenvalue weighted by Gasteiger charge is -2.08. The average molecular weight is 344 g/mol. The normalized spacial score (nSPS) is 12.2. The third kappa shape index (κ3) is 10.7. The summed E-state index contributed by atoms with van der Waals surface area (Å²) in [7, 11) is 0. The number of rotatable bonds is 10. The van der Waals surface area contributed by atoms with Crippen LogP contribution in [0.1, 0.15) is 67.2 Å². The molecule has 0 aliphatic rings. The van der Waals surface area contributed by atoms with Gasteiger partial charge in [0.1, 0.15) is 11.5 Å². The van der Waals surface area contributed by atoms with Gasteiger partial charge in [-0.3, -0.25) is 0 Å². The van der Waals surface area contributed by atoms with E-state index in [2.05, 4.69) is 0 Å². The summed E-state index contributed by atoms with van der Waals surface area (Å²) in [5, 5.41) is 17.3. The number of carboxylic acid groups (broad SMARTS) is 2. The van der Waals surface area contributed by atoms with Crippen molar-refractivity contribution in [2.75, 3.05) is 13.2 Å². The van der Waals surface area contributed by atoms with Crippen molar-refractivity contribution in [2.24, 2.45) is 0 Å². The maximum absolute atomic E-state index is 10.6. The molecule has 0 bridgehead atoms. The Balaban J connectivity index is 0. The van der Waals surface area contributed by atoms with Crippen LogP contribution in [0.25, 0.3) is 0 Å². The first-order chi connectivity index (χ1) is 11.3. The van der Waals surface area contributed by atoms with Gasteiger partial charge in [0, 0.05) is 12.8 Å². The minimum atomic E-state index is -0.900. The third-order valence-corrected chi connectivity index (χ3v) is 3.08. The number of carboxylic acids is 2. The minimum Gasteiger partial charge on any atom is -0.498 e. The number of ether oxygens (including phenoxy) is 2. The zero-order chi connectivity index (χ0) is 19.1. The molecule has 6 nitrogen and oxygen atoms in total. The molecule has 0 aliphatic carbocycles. The smallest absolute Gasteiger partial charge is 0.334 e. The van der Waals surface area contributed by atoms with Crippen molar-refractivity contribution in [3.8, 4) is 0 Å². The van der Waals surface area contributed by atoms with Crippen LogP contribution in [0.5, 0.6) is 0 Å². The Kier molecular flexibility index (Phi) is 14.8. The fourth-order valence-electron chi connectivity index (χ4n) is 1.71. The highest BCUT2D eigenvalue weighted by atomic mass is 16.5. The lowest BCUT2D eigenvalue weighted by Crippen LogP contribution is -2.04. The molecule has 2 N–H and O–H groups in total. The Labute approximate surface area is 145 Å². The first-order valence-corrected chi connectivity index (χ1v) is 8.38. The van der Waals surface area contributed by atoms with Crippen LogP contribution in [0.4, 0.5) is 0 Å². The van der Waals surface area contributed by atoms with Crippen molar-refractivity contribution in [1.82, 2.24) is 0 Å². The summed E-state index contributed by atoms with van der Waals surface area (Å²) in [5.74, 6) is -0.605. The van der Waals surface area contributed by atoms with Gasteiger partial charge in [0.25, 0.3) is 0 Å². The molecule has 0 rings (SSSR count). The topological polar surface area (TPSA) is 93.1 Å². The quantitative estimate of drug-likeness (QED) is 0.452. The monoisotopic (exact) mass is 344 g/mol. The zero-order valence-electron chi connectivity index (χ0n) is 15.8. The zero-order valence-corrected chi connectivity index (χ0v) is 15.8. The third-order valence-electron chi connectivity index (χ3n) is 3.08. The summed E-state index contributed by atoms with van der Waals surface area (Å²) in [6, 6.07) is 0. The molecule has 0 fully saturated rings. The first kappa shape index (κ1) is 24.3. The molecular weight excluding hydrogens is 312 g/mol. The largest absolute Gasteiger partial charge is 0.498 e. The molecule has 0 spiro atoms.